The van der Waals surface area contributed by atoms with Gasteiger partial charge in [0.2, 0.25) is 0 Å². The van der Waals surface area contributed by atoms with Gasteiger partial charge in [0.05, 0.1) is 72.4 Å². The molecule has 2 aromatic carbocycles. The zero-order valence-corrected chi connectivity index (χ0v) is 28.0. The lowest BCUT2D eigenvalue weighted by Gasteiger charge is -2.37. The van der Waals surface area contributed by atoms with Gasteiger partial charge in [-0.2, -0.15) is 0 Å². The van der Waals surface area contributed by atoms with E-state index in [9.17, 15) is 9.59 Å². The van der Waals surface area contributed by atoms with Crippen LogP contribution in [0.15, 0.2) is 36.4 Å². The minimum absolute atomic E-state index is 0. The summed E-state index contributed by atoms with van der Waals surface area (Å²) in [5.41, 5.74) is 2.17. The molecule has 0 saturated carbocycles. The molecular weight excluding hydrogens is 637 g/mol. The summed E-state index contributed by atoms with van der Waals surface area (Å²) in [6.07, 6.45) is 0. The van der Waals surface area contributed by atoms with Gasteiger partial charge >= 0.3 is 11.8 Å². The van der Waals surface area contributed by atoms with E-state index in [1.54, 1.807) is 12.1 Å². The van der Waals surface area contributed by atoms with Crippen LogP contribution in [0.2, 0.25) is 20.1 Å². The van der Waals surface area contributed by atoms with E-state index in [0.29, 0.717) is 46.3 Å². The van der Waals surface area contributed by atoms with Gasteiger partial charge in [-0.3, -0.25) is 9.59 Å². The lowest BCUT2D eigenvalue weighted by Crippen LogP contribution is -3.00. The molecule has 2 N–H and O–H groups in total. The minimum Gasteiger partial charge on any atom is -1.00 e. The molecule has 0 fully saturated rings. The van der Waals surface area contributed by atoms with Crippen LogP contribution in [-0.2, 0) is 22.7 Å². The van der Waals surface area contributed by atoms with Crippen LogP contribution >= 0.6 is 46.4 Å². The number of quaternary nitrogens is 2. The van der Waals surface area contributed by atoms with Crippen LogP contribution in [0.5, 0.6) is 0 Å². The molecule has 2 aromatic rings. The van der Waals surface area contributed by atoms with Gasteiger partial charge < -0.3 is 44.4 Å². The number of halogens is 6. The average molecular weight is 677 g/mol. The number of nitrogens with one attached hydrogen (secondary N) is 2. The van der Waals surface area contributed by atoms with E-state index >= 15 is 0 Å². The molecule has 0 aliphatic heterocycles. The number of amides is 2. The topological polar surface area (TPSA) is 58.2 Å². The van der Waals surface area contributed by atoms with Crippen molar-refractivity contribution in [2.45, 2.75) is 40.8 Å². The minimum atomic E-state index is -0.611. The van der Waals surface area contributed by atoms with Gasteiger partial charge in [-0.1, -0.05) is 58.5 Å². The molecule has 0 spiro atoms. The number of hydrogen-bond donors (Lipinski definition) is 2. The molecule has 0 aromatic heterocycles. The normalized spacial score (nSPS) is 11.3. The number of hydrogen-bond acceptors (Lipinski definition) is 2. The van der Waals surface area contributed by atoms with Gasteiger partial charge in [0, 0.05) is 11.1 Å². The first-order chi connectivity index (χ1) is 18.0. The summed E-state index contributed by atoms with van der Waals surface area (Å²) in [7, 11) is 0. The Morgan fingerprint density at radius 2 is 0.925 bits per heavy atom. The van der Waals surface area contributed by atoms with Crippen LogP contribution in [-0.4, -0.2) is 73.1 Å². The highest BCUT2D eigenvalue weighted by Crippen LogP contribution is 2.26. The van der Waals surface area contributed by atoms with Gasteiger partial charge in [0.15, 0.2) is 0 Å². The molecule has 12 heteroatoms. The molecule has 0 aliphatic carbocycles. The number of benzene rings is 2. The molecule has 0 saturated heterocycles. The number of nitrogens with zero attached hydrogens (tertiary/aromatic N) is 2. The summed E-state index contributed by atoms with van der Waals surface area (Å²) >= 11 is 24.5. The van der Waals surface area contributed by atoms with Gasteiger partial charge in [0.25, 0.3) is 0 Å². The fraction of sp³-hybridized carbons (Fsp3) is 0.500. The van der Waals surface area contributed by atoms with E-state index in [1.807, 2.05) is 24.3 Å². The van der Waals surface area contributed by atoms with Crippen molar-refractivity contribution in [3.8, 4) is 0 Å². The highest BCUT2D eigenvalue weighted by atomic mass is 35.5. The molecule has 0 aliphatic rings. The molecule has 0 unspecified atom stereocenters. The first-order valence-electron chi connectivity index (χ1n) is 13.2. The van der Waals surface area contributed by atoms with E-state index in [4.69, 9.17) is 46.4 Å². The second-order valence-electron chi connectivity index (χ2n) is 9.72. The summed E-state index contributed by atoms with van der Waals surface area (Å²) in [6, 6.07) is 11.3. The Bertz CT molecular complexity index is 1010. The second-order valence-corrected chi connectivity index (χ2v) is 11.3. The van der Waals surface area contributed by atoms with Crippen LogP contribution in [0.3, 0.4) is 0 Å². The zero-order valence-electron chi connectivity index (χ0n) is 23.5. The Morgan fingerprint density at radius 1 is 0.600 bits per heavy atom. The second kappa shape index (κ2) is 18.6. The van der Waals surface area contributed by atoms with Crippen molar-refractivity contribution in [2.75, 3.05) is 52.4 Å². The quantitative estimate of drug-likeness (QED) is 0.218. The SMILES string of the molecule is CC[N+](CC)(CCNC(=O)C(=O)NCC[N+](CC)(CC)Cc1ccc(Cl)c(Cl)c1)Cc1ccc(Cl)c(Cl)c1.[Cl-].[Cl-]. The maximum absolute atomic E-state index is 12.5. The maximum atomic E-state index is 12.5. The molecule has 2 rings (SSSR count). The van der Waals surface area contributed by atoms with Crippen molar-refractivity contribution in [3.05, 3.63) is 67.6 Å². The number of likely N-dealkylation sites (N-methyl/N-ethyl adjacent to an activating group) is 2. The third kappa shape index (κ3) is 11.4. The lowest BCUT2D eigenvalue weighted by molar-refractivity contribution is -0.936. The van der Waals surface area contributed by atoms with Crippen LogP contribution < -0.4 is 35.4 Å². The summed E-state index contributed by atoms with van der Waals surface area (Å²) in [5.74, 6) is -1.22. The van der Waals surface area contributed by atoms with Gasteiger partial charge in [0.1, 0.15) is 13.1 Å². The fourth-order valence-electron chi connectivity index (χ4n) is 4.71. The molecule has 40 heavy (non-hydrogen) atoms. The summed E-state index contributed by atoms with van der Waals surface area (Å²) in [4.78, 5) is 25.0. The summed E-state index contributed by atoms with van der Waals surface area (Å²) in [5, 5.41) is 7.71. The van der Waals surface area contributed by atoms with Crippen molar-refractivity contribution in [1.29, 1.82) is 0 Å². The van der Waals surface area contributed by atoms with E-state index in [2.05, 4.69) is 38.3 Å². The molecule has 2 amide bonds. The van der Waals surface area contributed by atoms with Crippen LogP contribution in [0.1, 0.15) is 38.8 Å². The standard InChI is InChI=1S/C28H38Cl4N4O2.2ClH/c1-5-35(6-2,19-21-9-11-23(29)25(31)17-21)15-13-33-27(37)28(38)34-14-16-36(7-3,8-4)20-22-10-12-24(30)26(32)18-22;;/h9-12,17-18H,5-8,13-16,19-20H2,1-4H3;2*1H. The number of rotatable bonds is 14. The van der Waals surface area contributed by atoms with Crippen molar-refractivity contribution in [3.63, 3.8) is 0 Å². The molecule has 0 radical (unpaired) electrons. The summed E-state index contributed by atoms with van der Waals surface area (Å²) < 4.78 is 1.50. The summed E-state index contributed by atoms with van der Waals surface area (Å²) in [6.45, 7) is 15.7. The van der Waals surface area contributed by atoms with E-state index < -0.39 is 11.8 Å². The molecule has 226 valence electrons. The Morgan fingerprint density at radius 3 is 1.20 bits per heavy atom. The Balaban J connectivity index is 0.00000760. The third-order valence-electron chi connectivity index (χ3n) is 7.64. The Hall–Kier alpha value is -0.960. The van der Waals surface area contributed by atoms with Crippen LogP contribution in [0, 0.1) is 0 Å². The fourth-order valence-corrected chi connectivity index (χ4v) is 5.35. The van der Waals surface area contributed by atoms with Crippen molar-refractivity contribution >= 4 is 58.2 Å². The largest absolute Gasteiger partial charge is 1.00 e. The van der Waals surface area contributed by atoms with Crippen molar-refractivity contribution in [2.24, 2.45) is 0 Å². The molecule has 0 atom stereocenters. The highest BCUT2D eigenvalue weighted by molar-refractivity contribution is 6.42. The lowest BCUT2D eigenvalue weighted by atomic mass is 10.1. The average Bonchev–Trinajstić information content (AvgIpc) is 2.91. The van der Waals surface area contributed by atoms with Gasteiger partial charge in [-0.15, -0.1) is 0 Å². The third-order valence-corrected chi connectivity index (χ3v) is 9.11. The van der Waals surface area contributed by atoms with E-state index in [0.717, 1.165) is 59.4 Å². The van der Waals surface area contributed by atoms with Crippen molar-refractivity contribution in [1.82, 2.24) is 10.6 Å². The Labute approximate surface area is 271 Å². The Kier molecular flexibility index (Phi) is 18.1. The maximum Gasteiger partial charge on any atom is 0.309 e. The molecule has 0 bridgehead atoms. The molecular formula is C28H40Cl6N4O2. The van der Waals surface area contributed by atoms with Crippen LogP contribution in [0.4, 0.5) is 0 Å². The van der Waals surface area contributed by atoms with E-state index in [-0.39, 0.29) is 24.8 Å². The van der Waals surface area contributed by atoms with Crippen LogP contribution in [0.25, 0.3) is 0 Å². The van der Waals surface area contributed by atoms with E-state index in [1.165, 1.54) is 0 Å². The molecule has 6 nitrogen and oxygen atoms in total. The predicted octanol–water partition coefficient (Wildman–Crippen LogP) is -0.0460. The monoisotopic (exact) mass is 674 g/mol. The predicted molar refractivity (Wildman–Crippen MR) is 159 cm³/mol. The number of carbonyl (C=O) groups excluding carboxylic acids is 2. The van der Waals surface area contributed by atoms with Gasteiger partial charge in [-0.05, 0) is 52.0 Å². The first-order valence-corrected chi connectivity index (χ1v) is 14.7. The zero-order chi connectivity index (χ0) is 28.3. The first kappa shape index (κ1) is 39.0. The van der Waals surface area contributed by atoms with Crippen molar-refractivity contribution < 1.29 is 43.4 Å². The number of carbonyl (C=O) groups is 2. The van der Waals surface area contributed by atoms with Gasteiger partial charge in [-0.25, -0.2) is 0 Å². The highest BCUT2D eigenvalue weighted by Gasteiger charge is 2.26. The smallest absolute Gasteiger partial charge is 0.309 e. The molecule has 0 heterocycles.